The Bertz CT molecular complexity index is 2740. The highest BCUT2D eigenvalue weighted by molar-refractivity contribution is 5.93. The Morgan fingerprint density at radius 3 is 1.14 bits per heavy atom. The van der Waals surface area contributed by atoms with Gasteiger partial charge in [-0.15, -0.1) is 0 Å². The van der Waals surface area contributed by atoms with Crippen molar-refractivity contribution in [2.24, 2.45) is 0 Å². The second-order valence-electron chi connectivity index (χ2n) is 18.5. The molecule has 0 N–H and O–H groups in total. The Morgan fingerprint density at radius 2 is 0.753 bits per heavy atom. The van der Waals surface area contributed by atoms with Crippen LogP contribution in [-0.4, -0.2) is 101 Å². The van der Waals surface area contributed by atoms with Gasteiger partial charge in [-0.05, 0) is 166 Å². The van der Waals surface area contributed by atoms with Crippen molar-refractivity contribution in [2.75, 3.05) is 59.5 Å². The van der Waals surface area contributed by atoms with Crippen LogP contribution in [0.1, 0.15) is 87.9 Å². The van der Waals surface area contributed by atoms with Gasteiger partial charge < -0.3 is 47.4 Å². The van der Waals surface area contributed by atoms with Crippen LogP contribution in [0.3, 0.4) is 0 Å². The highest BCUT2D eigenvalue weighted by atomic mass is 16.6. The predicted octanol–water partition coefficient (Wildman–Crippen LogP) is 10.8. The van der Waals surface area contributed by atoms with E-state index in [2.05, 4.69) is 0 Å². The molecule has 2 fully saturated rings. The summed E-state index contributed by atoms with van der Waals surface area (Å²) in [5.74, 6) is 0.0218. The van der Waals surface area contributed by atoms with Crippen LogP contribution in [0.2, 0.25) is 0 Å². The van der Waals surface area contributed by atoms with E-state index in [1.54, 1.807) is 128 Å². The summed E-state index contributed by atoms with van der Waals surface area (Å²) in [4.78, 5) is 51.5. The van der Waals surface area contributed by atoms with Crippen LogP contribution in [0.25, 0.3) is 22.3 Å². The van der Waals surface area contributed by atoms with Crippen LogP contribution in [0, 0.1) is 0 Å². The molecule has 3 unspecified atom stereocenters. The van der Waals surface area contributed by atoms with Gasteiger partial charge in [0.15, 0.2) is 0 Å². The number of unbranched alkanes of at least 4 members (excludes halogenated alkanes) is 2. The average Bonchev–Trinajstić information content (AvgIpc) is 4.35. The molecule has 0 bridgehead atoms. The SMILES string of the molecule is CC(COC(=O)c1ccc(-c2ccc(OC(=O)c3ccc(OCCCCOCC4(C)CO4)cc3)cc2)cc1)OC(=O)c1ccc(-c2ccc(OC(=O)c3ccc(OCCCCOCC4(C)CO4)cc3)cc2)cc1. The lowest BCUT2D eigenvalue weighted by Crippen LogP contribution is -2.22. The van der Waals surface area contributed by atoms with Crippen LogP contribution in [0.15, 0.2) is 146 Å². The number of esters is 4. The highest BCUT2D eigenvalue weighted by Gasteiger charge is 2.40. The van der Waals surface area contributed by atoms with Crippen molar-refractivity contribution in [1.82, 2.24) is 0 Å². The Kier molecular flexibility index (Phi) is 17.7. The highest BCUT2D eigenvalue weighted by Crippen LogP contribution is 2.28. The topological polar surface area (TPSA) is 167 Å². The smallest absolute Gasteiger partial charge is 0.343 e. The van der Waals surface area contributed by atoms with Gasteiger partial charge in [-0.2, -0.15) is 0 Å². The summed E-state index contributed by atoms with van der Waals surface area (Å²) < 4.78 is 55.7. The lowest BCUT2D eigenvalue weighted by atomic mass is 10.0. The lowest BCUT2D eigenvalue weighted by molar-refractivity contribution is 0.00448. The number of benzene rings is 6. The minimum Gasteiger partial charge on any atom is -0.494 e. The summed E-state index contributed by atoms with van der Waals surface area (Å²) in [5, 5.41) is 0. The van der Waals surface area contributed by atoms with E-state index in [9.17, 15) is 19.2 Å². The van der Waals surface area contributed by atoms with Gasteiger partial charge in [-0.25, -0.2) is 19.2 Å². The summed E-state index contributed by atoms with van der Waals surface area (Å²) in [6.07, 6.45) is 2.76. The number of hydrogen-bond donors (Lipinski definition) is 0. The molecule has 0 saturated carbocycles. The van der Waals surface area contributed by atoms with E-state index in [1.807, 2.05) is 38.1 Å². The Labute approximate surface area is 425 Å². The van der Waals surface area contributed by atoms with Crippen LogP contribution >= 0.6 is 0 Å². The molecule has 2 heterocycles. The molecule has 14 nitrogen and oxygen atoms in total. The van der Waals surface area contributed by atoms with Gasteiger partial charge in [0.05, 0.1) is 61.9 Å². The zero-order valence-corrected chi connectivity index (χ0v) is 41.3. The zero-order valence-electron chi connectivity index (χ0n) is 41.3. The van der Waals surface area contributed by atoms with Crippen molar-refractivity contribution in [3.63, 3.8) is 0 Å². The van der Waals surface area contributed by atoms with E-state index in [1.165, 1.54) is 0 Å². The van der Waals surface area contributed by atoms with Crippen LogP contribution in [-0.2, 0) is 28.4 Å². The van der Waals surface area contributed by atoms with Gasteiger partial charge in [0, 0.05) is 13.2 Å². The van der Waals surface area contributed by atoms with E-state index in [0.717, 1.165) is 61.2 Å². The van der Waals surface area contributed by atoms with Crippen molar-refractivity contribution < 1.29 is 66.5 Å². The summed E-state index contributed by atoms with van der Waals surface area (Å²) in [5.41, 5.74) is 4.66. The first kappa shape index (κ1) is 52.0. The first-order valence-electron chi connectivity index (χ1n) is 24.5. The summed E-state index contributed by atoms with van der Waals surface area (Å²) >= 11 is 0. The second kappa shape index (κ2) is 24.9. The van der Waals surface area contributed by atoms with Gasteiger partial charge in [-0.3, -0.25) is 0 Å². The Morgan fingerprint density at radius 1 is 0.438 bits per heavy atom. The first-order valence-corrected chi connectivity index (χ1v) is 24.5. The fraction of sp³-hybridized carbons (Fsp3) is 0.322. The third-order valence-electron chi connectivity index (χ3n) is 12.0. The maximum atomic E-state index is 13.0. The summed E-state index contributed by atoms with van der Waals surface area (Å²) in [7, 11) is 0. The van der Waals surface area contributed by atoms with E-state index < -0.39 is 30.0 Å². The lowest BCUT2D eigenvalue weighted by Gasteiger charge is -2.14. The molecule has 0 aliphatic carbocycles. The van der Waals surface area contributed by atoms with Crippen LogP contribution in [0.4, 0.5) is 0 Å². The molecule has 0 radical (unpaired) electrons. The molecule has 2 aliphatic heterocycles. The van der Waals surface area contributed by atoms with E-state index >= 15 is 0 Å². The van der Waals surface area contributed by atoms with Gasteiger partial charge in [-0.1, -0.05) is 48.5 Å². The van der Waals surface area contributed by atoms with Crippen molar-refractivity contribution in [2.45, 2.75) is 63.8 Å². The molecule has 2 aliphatic rings. The molecule has 0 amide bonds. The van der Waals surface area contributed by atoms with Crippen molar-refractivity contribution in [1.29, 1.82) is 0 Å². The molecule has 6 aromatic rings. The van der Waals surface area contributed by atoms with E-state index in [-0.39, 0.29) is 17.8 Å². The number of rotatable bonds is 27. The van der Waals surface area contributed by atoms with Crippen molar-refractivity contribution in [3.8, 4) is 45.3 Å². The number of carbonyl (C=O) groups excluding carboxylic acids is 4. The molecule has 14 heteroatoms. The molecule has 380 valence electrons. The minimum atomic E-state index is -0.710. The number of hydrogen-bond acceptors (Lipinski definition) is 14. The van der Waals surface area contributed by atoms with Crippen molar-refractivity contribution in [3.05, 3.63) is 168 Å². The minimum absolute atomic E-state index is 0.0960. The van der Waals surface area contributed by atoms with Gasteiger partial charge in [0.25, 0.3) is 0 Å². The normalized spacial score (nSPS) is 16.9. The van der Waals surface area contributed by atoms with Gasteiger partial charge in [0.1, 0.15) is 46.9 Å². The molecule has 8 rings (SSSR count). The van der Waals surface area contributed by atoms with Gasteiger partial charge in [0.2, 0.25) is 0 Å². The zero-order chi connectivity index (χ0) is 51.0. The monoisotopic (exact) mass is 992 g/mol. The quantitative estimate of drug-likeness (QED) is 0.0207. The standard InChI is InChI=1S/C59H60O14/c1-41(71-55(61)47-14-10-43(11-15-47)45-18-30-53(31-19-45)73-57(63)49-22-26-51(27-23-49)67-35-7-5-33-65-38-59(3)40-70-59)36-68-54(60)46-12-8-42(9-13-46)44-16-28-52(29-17-44)72-56(62)48-20-24-50(25-21-48)66-34-6-4-32-64-37-58(2)39-69-58/h8-31,41H,4-7,32-40H2,1-3H3. The molecule has 2 saturated heterocycles. The third-order valence-corrected chi connectivity index (χ3v) is 12.0. The molecular weight excluding hydrogens is 933 g/mol. The maximum Gasteiger partial charge on any atom is 0.343 e. The van der Waals surface area contributed by atoms with Crippen molar-refractivity contribution >= 4 is 23.9 Å². The average molecular weight is 993 g/mol. The Balaban J connectivity index is 0.704. The molecule has 6 aromatic carbocycles. The number of epoxide rings is 2. The molecule has 0 spiro atoms. The van der Waals surface area contributed by atoms with Crippen LogP contribution < -0.4 is 18.9 Å². The molecule has 0 aromatic heterocycles. The van der Waals surface area contributed by atoms with Crippen LogP contribution in [0.5, 0.6) is 23.0 Å². The maximum absolute atomic E-state index is 13.0. The largest absolute Gasteiger partial charge is 0.494 e. The predicted molar refractivity (Wildman–Crippen MR) is 272 cm³/mol. The van der Waals surface area contributed by atoms with E-state index in [4.69, 9.17) is 47.4 Å². The van der Waals surface area contributed by atoms with E-state index in [0.29, 0.717) is 84.9 Å². The molecule has 3 atom stereocenters. The fourth-order valence-electron chi connectivity index (χ4n) is 7.28. The molecule has 73 heavy (non-hydrogen) atoms. The third kappa shape index (κ3) is 16.1. The fourth-order valence-corrected chi connectivity index (χ4v) is 7.28. The second-order valence-corrected chi connectivity index (χ2v) is 18.5. The summed E-state index contributed by atoms with van der Waals surface area (Å²) in [6, 6.07) is 41.6. The summed E-state index contributed by atoms with van der Waals surface area (Å²) in [6.45, 7) is 10.7. The Hall–Kier alpha value is -7.36. The first-order chi connectivity index (χ1) is 35.4. The number of ether oxygens (including phenoxy) is 10. The van der Waals surface area contributed by atoms with Gasteiger partial charge >= 0.3 is 23.9 Å². The molecular formula is C59H60O14. The number of carbonyl (C=O) groups is 4.